The van der Waals surface area contributed by atoms with Gasteiger partial charge in [-0.3, -0.25) is 9.59 Å². The Morgan fingerprint density at radius 3 is 2.37 bits per heavy atom. The molecule has 2 amide bonds. The first-order valence-corrected chi connectivity index (χ1v) is 8.60. The highest BCUT2D eigenvalue weighted by molar-refractivity contribution is 6.00. The molecule has 140 valence electrons. The van der Waals surface area contributed by atoms with Gasteiger partial charge in [0.1, 0.15) is 11.3 Å². The number of benzene rings is 1. The van der Waals surface area contributed by atoms with Crippen molar-refractivity contribution >= 4 is 22.8 Å². The molecule has 0 fully saturated rings. The van der Waals surface area contributed by atoms with E-state index in [-0.39, 0.29) is 36.2 Å². The summed E-state index contributed by atoms with van der Waals surface area (Å²) in [6.07, 6.45) is 1.42. The smallest absolute Gasteiger partial charge is 0.287 e. The SMILES string of the molecule is Cc1ccc(C)c2c(C)c(C(=O)NCCNC(=O)c3ncccc3O)oc12. The molecule has 0 aliphatic heterocycles. The second-order valence-corrected chi connectivity index (χ2v) is 6.34. The van der Waals surface area contributed by atoms with Gasteiger partial charge in [-0.25, -0.2) is 4.98 Å². The third-order valence-corrected chi connectivity index (χ3v) is 4.39. The second kappa shape index (κ2) is 7.49. The number of aryl methyl sites for hydroxylation is 3. The Kier molecular flexibility index (Phi) is 5.12. The average Bonchev–Trinajstić information content (AvgIpc) is 3.00. The molecule has 0 unspecified atom stereocenters. The van der Waals surface area contributed by atoms with E-state index in [4.69, 9.17) is 4.42 Å². The molecule has 2 heterocycles. The van der Waals surface area contributed by atoms with Crippen molar-refractivity contribution in [2.24, 2.45) is 0 Å². The van der Waals surface area contributed by atoms with Crippen LogP contribution in [-0.4, -0.2) is 35.0 Å². The Labute approximate surface area is 156 Å². The molecule has 2 aromatic heterocycles. The number of aromatic nitrogens is 1. The normalized spacial score (nSPS) is 10.8. The molecule has 0 aliphatic rings. The van der Waals surface area contributed by atoms with Gasteiger partial charge in [0.25, 0.3) is 11.8 Å². The number of pyridine rings is 1. The van der Waals surface area contributed by atoms with Crippen molar-refractivity contribution in [1.82, 2.24) is 15.6 Å². The maximum atomic E-state index is 12.5. The highest BCUT2D eigenvalue weighted by Crippen LogP contribution is 2.30. The van der Waals surface area contributed by atoms with E-state index >= 15 is 0 Å². The zero-order valence-electron chi connectivity index (χ0n) is 15.4. The molecule has 0 radical (unpaired) electrons. The summed E-state index contributed by atoms with van der Waals surface area (Å²) < 4.78 is 5.79. The van der Waals surface area contributed by atoms with E-state index in [0.29, 0.717) is 0 Å². The van der Waals surface area contributed by atoms with E-state index < -0.39 is 5.91 Å². The van der Waals surface area contributed by atoms with Crippen LogP contribution in [0.4, 0.5) is 0 Å². The molecule has 0 spiro atoms. The lowest BCUT2D eigenvalue weighted by atomic mass is 10.0. The summed E-state index contributed by atoms with van der Waals surface area (Å²) >= 11 is 0. The van der Waals surface area contributed by atoms with Crippen LogP contribution in [0.3, 0.4) is 0 Å². The van der Waals surface area contributed by atoms with Crippen LogP contribution < -0.4 is 10.6 Å². The van der Waals surface area contributed by atoms with Crippen molar-refractivity contribution in [3.8, 4) is 5.75 Å². The highest BCUT2D eigenvalue weighted by atomic mass is 16.3. The maximum absolute atomic E-state index is 12.5. The fourth-order valence-electron chi connectivity index (χ4n) is 2.98. The molecular weight excluding hydrogens is 346 g/mol. The van der Waals surface area contributed by atoms with Crippen molar-refractivity contribution in [2.75, 3.05) is 13.1 Å². The van der Waals surface area contributed by atoms with Crippen LogP contribution in [0.15, 0.2) is 34.9 Å². The first kappa shape index (κ1) is 18.4. The predicted octanol–water partition coefficient (Wildman–Crippen LogP) is 2.62. The quantitative estimate of drug-likeness (QED) is 0.601. The highest BCUT2D eigenvalue weighted by Gasteiger charge is 2.19. The number of carbonyl (C=O) groups excluding carboxylic acids is 2. The maximum Gasteiger partial charge on any atom is 0.287 e. The lowest BCUT2D eigenvalue weighted by Gasteiger charge is -2.07. The molecule has 0 atom stereocenters. The van der Waals surface area contributed by atoms with Crippen LogP contribution >= 0.6 is 0 Å². The van der Waals surface area contributed by atoms with Gasteiger partial charge >= 0.3 is 0 Å². The van der Waals surface area contributed by atoms with Gasteiger partial charge in [-0.15, -0.1) is 0 Å². The van der Waals surface area contributed by atoms with Crippen molar-refractivity contribution < 1.29 is 19.1 Å². The fourth-order valence-corrected chi connectivity index (χ4v) is 2.98. The number of aromatic hydroxyl groups is 1. The lowest BCUT2D eigenvalue weighted by Crippen LogP contribution is -2.35. The van der Waals surface area contributed by atoms with E-state index in [9.17, 15) is 14.7 Å². The van der Waals surface area contributed by atoms with Gasteiger partial charge in [0.05, 0.1) is 0 Å². The van der Waals surface area contributed by atoms with E-state index in [0.717, 1.165) is 27.7 Å². The molecule has 1 aromatic carbocycles. The van der Waals surface area contributed by atoms with Crippen molar-refractivity contribution in [3.05, 3.63) is 58.6 Å². The molecule has 7 heteroatoms. The van der Waals surface area contributed by atoms with Gasteiger partial charge in [0.2, 0.25) is 0 Å². The largest absolute Gasteiger partial charge is 0.505 e. The van der Waals surface area contributed by atoms with Crippen molar-refractivity contribution in [1.29, 1.82) is 0 Å². The standard InChI is InChI=1S/C20H21N3O4/c1-11-6-7-12(2)17-15(11)13(3)18(27-17)20(26)23-10-9-22-19(25)16-14(24)5-4-8-21-16/h4-8,24H,9-10H2,1-3H3,(H,22,25)(H,23,26). The Morgan fingerprint density at radius 1 is 1.04 bits per heavy atom. The van der Waals surface area contributed by atoms with Gasteiger partial charge in [-0.2, -0.15) is 0 Å². The molecule has 0 saturated heterocycles. The molecule has 0 bridgehead atoms. The average molecular weight is 367 g/mol. The fraction of sp³-hybridized carbons (Fsp3) is 0.250. The molecule has 3 N–H and O–H groups in total. The molecule has 7 nitrogen and oxygen atoms in total. The topological polar surface area (TPSA) is 104 Å². The third kappa shape index (κ3) is 3.62. The molecular formula is C20H21N3O4. The van der Waals surface area contributed by atoms with E-state index in [1.807, 2.05) is 32.9 Å². The first-order chi connectivity index (χ1) is 12.9. The van der Waals surface area contributed by atoms with Gasteiger partial charge in [0.15, 0.2) is 11.5 Å². The minimum atomic E-state index is -0.506. The van der Waals surface area contributed by atoms with Crippen LogP contribution in [0.25, 0.3) is 11.0 Å². The Bertz CT molecular complexity index is 1020. The summed E-state index contributed by atoms with van der Waals surface area (Å²) in [5.74, 6) is -0.760. The number of carbonyl (C=O) groups is 2. The summed E-state index contributed by atoms with van der Waals surface area (Å²) in [5, 5.41) is 15.9. The number of amides is 2. The van der Waals surface area contributed by atoms with Crippen LogP contribution in [0, 0.1) is 20.8 Å². The number of hydrogen-bond acceptors (Lipinski definition) is 5. The molecule has 3 aromatic rings. The summed E-state index contributed by atoms with van der Waals surface area (Å²) in [6.45, 7) is 6.19. The van der Waals surface area contributed by atoms with Crippen LogP contribution in [0.2, 0.25) is 0 Å². The number of hydrogen-bond donors (Lipinski definition) is 3. The second-order valence-electron chi connectivity index (χ2n) is 6.34. The molecule has 3 rings (SSSR count). The van der Waals surface area contributed by atoms with E-state index in [1.165, 1.54) is 18.3 Å². The number of fused-ring (bicyclic) bond motifs is 1. The Balaban J connectivity index is 1.62. The minimum absolute atomic E-state index is 0.0529. The summed E-state index contributed by atoms with van der Waals surface area (Å²) in [4.78, 5) is 28.2. The zero-order valence-corrected chi connectivity index (χ0v) is 15.4. The van der Waals surface area contributed by atoms with Gasteiger partial charge in [-0.05, 0) is 44.0 Å². The predicted molar refractivity (Wildman–Crippen MR) is 101 cm³/mol. The first-order valence-electron chi connectivity index (χ1n) is 8.60. The Hall–Kier alpha value is -3.35. The summed E-state index contributed by atoms with van der Waals surface area (Å²) in [5.41, 5.74) is 3.49. The number of rotatable bonds is 5. The van der Waals surface area contributed by atoms with Gasteiger partial charge in [-0.1, -0.05) is 12.1 Å². The zero-order chi connectivity index (χ0) is 19.6. The summed E-state index contributed by atoms with van der Waals surface area (Å²) in [6, 6.07) is 6.89. The molecule has 0 aliphatic carbocycles. The van der Waals surface area contributed by atoms with Crippen LogP contribution in [-0.2, 0) is 0 Å². The lowest BCUT2D eigenvalue weighted by molar-refractivity contribution is 0.0909. The van der Waals surface area contributed by atoms with Gasteiger partial charge < -0.3 is 20.2 Å². The van der Waals surface area contributed by atoms with Crippen molar-refractivity contribution in [2.45, 2.75) is 20.8 Å². The number of nitrogens with zero attached hydrogens (tertiary/aromatic N) is 1. The van der Waals surface area contributed by atoms with Crippen LogP contribution in [0.5, 0.6) is 5.75 Å². The third-order valence-electron chi connectivity index (χ3n) is 4.39. The Morgan fingerprint density at radius 2 is 1.70 bits per heavy atom. The minimum Gasteiger partial charge on any atom is -0.505 e. The molecule has 0 saturated carbocycles. The van der Waals surface area contributed by atoms with Crippen molar-refractivity contribution in [3.63, 3.8) is 0 Å². The van der Waals surface area contributed by atoms with E-state index in [2.05, 4.69) is 15.6 Å². The summed E-state index contributed by atoms with van der Waals surface area (Å²) in [7, 11) is 0. The van der Waals surface area contributed by atoms with E-state index in [1.54, 1.807) is 0 Å². The molecule has 27 heavy (non-hydrogen) atoms. The van der Waals surface area contributed by atoms with Gasteiger partial charge in [0, 0.05) is 30.2 Å². The number of nitrogens with one attached hydrogen (secondary N) is 2. The number of furan rings is 1. The monoisotopic (exact) mass is 367 g/mol. The van der Waals surface area contributed by atoms with Crippen LogP contribution in [0.1, 0.15) is 37.7 Å².